The van der Waals surface area contributed by atoms with Crippen LogP contribution in [-0.2, 0) is 0 Å². The van der Waals surface area contributed by atoms with E-state index >= 15 is 0 Å². The van der Waals surface area contributed by atoms with Crippen LogP contribution in [0.15, 0.2) is 39.7 Å². The fraction of sp³-hybridized carbons (Fsp3) is 0.300. The molecule has 0 aliphatic heterocycles. The van der Waals surface area contributed by atoms with Gasteiger partial charge in [-0.25, -0.2) is 0 Å². The summed E-state index contributed by atoms with van der Waals surface area (Å²) in [7, 11) is 3.58. The molecule has 0 atom stereocenters. The van der Waals surface area contributed by atoms with Gasteiger partial charge in [0.15, 0.2) is 0 Å². The molecule has 1 aromatic carbocycles. The molecule has 2 N–H and O–H groups in total. The van der Waals surface area contributed by atoms with Crippen LogP contribution in [0.2, 0.25) is 0 Å². The highest BCUT2D eigenvalue weighted by atomic mass is 15.4. The molecule has 0 saturated heterocycles. The Hall–Kier alpha value is -1.91. The first kappa shape index (κ1) is 11.2. The number of nitrogens with two attached hydrogens (primary N) is 1. The van der Waals surface area contributed by atoms with Crippen LogP contribution < -0.4 is 5.73 Å². The molecular weight excluding hydrogens is 190 g/mol. The quantitative estimate of drug-likeness (QED) is 0.346. The first-order valence-electron chi connectivity index (χ1n) is 4.58. The summed E-state index contributed by atoms with van der Waals surface area (Å²) in [6, 6.07) is 7.68. The Kier molecular flexibility index (Phi) is 3.79. The Labute approximate surface area is 89.3 Å². The van der Waals surface area contributed by atoms with E-state index < -0.39 is 0 Å². The standard InChI is InChI=1S/C10H15N5/c1-8-4-6-9(7-5-8)12-14-13-10(11)15(2)3/h4-7H,1-3H3,(H2,11,12,13). The number of hydrogen-bond donors (Lipinski definition) is 1. The van der Waals surface area contributed by atoms with E-state index in [2.05, 4.69) is 15.4 Å². The molecule has 0 aliphatic rings. The summed E-state index contributed by atoms with van der Waals surface area (Å²) in [4.78, 5) is 1.66. The summed E-state index contributed by atoms with van der Waals surface area (Å²) < 4.78 is 0. The number of aryl methyl sites for hydroxylation is 1. The number of guanidine groups is 1. The molecule has 0 saturated carbocycles. The molecule has 0 aromatic heterocycles. The monoisotopic (exact) mass is 205 g/mol. The van der Waals surface area contributed by atoms with E-state index in [0.29, 0.717) is 5.96 Å². The summed E-state index contributed by atoms with van der Waals surface area (Å²) in [5.74, 6) is 0.325. The topological polar surface area (TPSA) is 66.3 Å². The van der Waals surface area contributed by atoms with Gasteiger partial charge in [0.1, 0.15) is 0 Å². The second-order valence-electron chi connectivity index (χ2n) is 3.38. The molecule has 1 aromatic rings. The van der Waals surface area contributed by atoms with E-state index in [1.165, 1.54) is 5.56 Å². The fourth-order valence-corrected chi connectivity index (χ4v) is 0.821. The third-order valence-electron chi connectivity index (χ3n) is 1.80. The van der Waals surface area contributed by atoms with Crippen LogP contribution in [-0.4, -0.2) is 25.0 Å². The van der Waals surface area contributed by atoms with Gasteiger partial charge in [0.2, 0.25) is 5.96 Å². The minimum Gasteiger partial charge on any atom is -0.368 e. The lowest BCUT2D eigenvalue weighted by Gasteiger charge is -2.07. The summed E-state index contributed by atoms with van der Waals surface area (Å²) in [5.41, 5.74) is 7.47. The Balaban J connectivity index is 2.66. The fourth-order valence-electron chi connectivity index (χ4n) is 0.821. The van der Waals surface area contributed by atoms with E-state index in [1.54, 1.807) is 19.0 Å². The molecule has 15 heavy (non-hydrogen) atoms. The van der Waals surface area contributed by atoms with Gasteiger partial charge in [-0.1, -0.05) is 22.8 Å². The van der Waals surface area contributed by atoms with Gasteiger partial charge >= 0.3 is 0 Å². The number of nitrogens with zero attached hydrogens (tertiary/aromatic N) is 4. The lowest BCUT2D eigenvalue weighted by molar-refractivity contribution is 0.609. The first-order chi connectivity index (χ1) is 7.09. The van der Waals surface area contributed by atoms with Crippen molar-refractivity contribution in [3.05, 3.63) is 29.8 Å². The van der Waals surface area contributed by atoms with Crippen LogP contribution in [0.4, 0.5) is 5.69 Å². The van der Waals surface area contributed by atoms with Crippen LogP contribution >= 0.6 is 0 Å². The van der Waals surface area contributed by atoms with Crippen LogP contribution in [0.1, 0.15) is 5.56 Å². The molecule has 0 amide bonds. The van der Waals surface area contributed by atoms with Crippen molar-refractivity contribution < 1.29 is 0 Å². The van der Waals surface area contributed by atoms with Crippen molar-refractivity contribution in [3.8, 4) is 0 Å². The molecule has 0 unspecified atom stereocenters. The van der Waals surface area contributed by atoms with Crippen LogP contribution in [0, 0.1) is 6.92 Å². The summed E-state index contributed by atoms with van der Waals surface area (Å²) in [6.07, 6.45) is 0. The lowest BCUT2D eigenvalue weighted by Crippen LogP contribution is -2.29. The normalized spacial score (nSPS) is 12.1. The van der Waals surface area contributed by atoms with E-state index in [1.807, 2.05) is 31.2 Å². The highest BCUT2D eigenvalue weighted by Gasteiger charge is 1.91. The summed E-state index contributed by atoms with van der Waals surface area (Å²) >= 11 is 0. The Morgan fingerprint density at radius 2 is 1.80 bits per heavy atom. The molecule has 0 fully saturated rings. The van der Waals surface area contributed by atoms with Gasteiger partial charge in [-0.3, -0.25) is 0 Å². The van der Waals surface area contributed by atoms with Gasteiger partial charge in [0, 0.05) is 14.1 Å². The van der Waals surface area contributed by atoms with Crippen molar-refractivity contribution in [3.63, 3.8) is 0 Å². The average Bonchev–Trinajstić information content (AvgIpc) is 2.20. The maximum atomic E-state index is 5.53. The average molecular weight is 205 g/mol. The number of rotatable bonds is 2. The molecule has 80 valence electrons. The van der Waals surface area contributed by atoms with Crippen molar-refractivity contribution in [1.82, 2.24) is 4.90 Å². The van der Waals surface area contributed by atoms with Crippen molar-refractivity contribution in [2.24, 2.45) is 21.2 Å². The van der Waals surface area contributed by atoms with Gasteiger partial charge in [-0.05, 0) is 24.3 Å². The van der Waals surface area contributed by atoms with Crippen LogP contribution in [0.5, 0.6) is 0 Å². The molecule has 0 radical (unpaired) electrons. The SMILES string of the molecule is Cc1ccc(N=N/N=C(/N)N(C)C)cc1. The van der Waals surface area contributed by atoms with Crippen molar-refractivity contribution in [2.75, 3.05) is 14.1 Å². The predicted octanol–water partition coefficient (Wildman–Crippen LogP) is 1.87. The van der Waals surface area contributed by atoms with Crippen LogP contribution in [0.3, 0.4) is 0 Å². The zero-order chi connectivity index (χ0) is 11.3. The second-order valence-corrected chi connectivity index (χ2v) is 3.38. The number of hydrogen-bond acceptors (Lipinski definition) is 2. The molecule has 0 aliphatic carbocycles. The molecule has 5 nitrogen and oxygen atoms in total. The van der Waals surface area contributed by atoms with Gasteiger partial charge in [-0.2, -0.15) is 0 Å². The van der Waals surface area contributed by atoms with E-state index in [4.69, 9.17) is 5.73 Å². The van der Waals surface area contributed by atoms with Gasteiger partial charge < -0.3 is 10.6 Å². The van der Waals surface area contributed by atoms with Crippen molar-refractivity contribution in [2.45, 2.75) is 6.92 Å². The van der Waals surface area contributed by atoms with Gasteiger partial charge in [0.25, 0.3) is 0 Å². The maximum absolute atomic E-state index is 5.53. The summed E-state index contributed by atoms with van der Waals surface area (Å²) in [5, 5.41) is 11.3. The molecule has 1 rings (SSSR count). The minimum absolute atomic E-state index is 0.325. The van der Waals surface area contributed by atoms with E-state index in [0.717, 1.165) is 5.69 Å². The van der Waals surface area contributed by atoms with E-state index in [9.17, 15) is 0 Å². The van der Waals surface area contributed by atoms with Crippen LogP contribution in [0.25, 0.3) is 0 Å². The predicted molar refractivity (Wildman–Crippen MR) is 61.0 cm³/mol. The maximum Gasteiger partial charge on any atom is 0.217 e. The highest BCUT2D eigenvalue weighted by Crippen LogP contribution is 2.12. The van der Waals surface area contributed by atoms with Crippen molar-refractivity contribution in [1.29, 1.82) is 0 Å². The lowest BCUT2D eigenvalue weighted by atomic mass is 10.2. The highest BCUT2D eigenvalue weighted by molar-refractivity contribution is 5.77. The number of benzene rings is 1. The second kappa shape index (κ2) is 5.09. The third-order valence-corrected chi connectivity index (χ3v) is 1.80. The Morgan fingerprint density at radius 1 is 1.20 bits per heavy atom. The van der Waals surface area contributed by atoms with Crippen molar-refractivity contribution >= 4 is 11.6 Å². The van der Waals surface area contributed by atoms with Gasteiger partial charge in [-0.15, -0.1) is 5.11 Å². The summed E-state index contributed by atoms with van der Waals surface area (Å²) in [6.45, 7) is 2.02. The molecule has 0 heterocycles. The Morgan fingerprint density at radius 3 is 2.33 bits per heavy atom. The largest absolute Gasteiger partial charge is 0.368 e. The first-order valence-corrected chi connectivity index (χ1v) is 4.58. The molecule has 0 bridgehead atoms. The van der Waals surface area contributed by atoms with E-state index in [-0.39, 0.29) is 0 Å². The van der Waals surface area contributed by atoms with Gasteiger partial charge in [0.05, 0.1) is 5.69 Å². The molecule has 0 spiro atoms. The Bertz CT molecular complexity index is 364. The zero-order valence-corrected chi connectivity index (χ0v) is 9.18. The zero-order valence-electron chi connectivity index (χ0n) is 9.18. The molecule has 5 heteroatoms. The third kappa shape index (κ3) is 3.76. The minimum atomic E-state index is 0.325. The molecular formula is C10H15N5. The smallest absolute Gasteiger partial charge is 0.217 e.